The van der Waals surface area contributed by atoms with Crippen molar-refractivity contribution in [2.24, 2.45) is 0 Å². The predicted molar refractivity (Wildman–Crippen MR) is 111 cm³/mol. The molecule has 0 aliphatic heterocycles. The number of hydrogen-bond donors (Lipinski definition) is 1. The maximum Gasteiger partial charge on any atom is 0.252 e. The first-order valence-corrected chi connectivity index (χ1v) is 9.68. The molecule has 3 aromatic carbocycles. The lowest BCUT2D eigenvalue weighted by molar-refractivity contribution is 0.0948. The number of halogens is 1. The SMILES string of the molecule is O=C(NCc1ccccc1)c1ccccc1SC#Cc1ccccc1Br. The van der Waals surface area contributed by atoms with Gasteiger partial charge in [-0.25, -0.2) is 0 Å². The normalized spacial score (nSPS) is 9.88. The lowest BCUT2D eigenvalue weighted by Crippen LogP contribution is -2.23. The molecule has 3 aromatic rings. The number of carbonyl (C=O) groups is 1. The second-order valence-electron chi connectivity index (χ2n) is 5.47. The van der Waals surface area contributed by atoms with E-state index in [1.165, 1.54) is 11.8 Å². The highest BCUT2D eigenvalue weighted by atomic mass is 79.9. The Hall–Kier alpha value is -2.48. The van der Waals surface area contributed by atoms with Crippen molar-refractivity contribution in [1.29, 1.82) is 0 Å². The van der Waals surface area contributed by atoms with Gasteiger partial charge in [-0.2, -0.15) is 0 Å². The molecule has 0 fully saturated rings. The molecular weight excluding hydrogens is 406 g/mol. The Labute approximate surface area is 166 Å². The smallest absolute Gasteiger partial charge is 0.252 e. The van der Waals surface area contributed by atoms with Crippen LogP contribution in [0.1, 0.15) is 21.5 Å². The van der Waals surface area contributed by atoms with Crippen molar-refractivity contribution in [1.82, 2.24) is 5.32 Å². The van der Waals surface area contributed by atoms with Crippen molar-refractivity contribution in [3.8, 4) is 11.2 Å². The lowest BCUT2D eigenvalue weighted by Gasteiger charge is -2.08. The molecule has 0 saturated heterocycles. The van der Waals surface area contributed by atoms with Crippen LogP contribution in [0, 0.1) is 11.2 Å². The molecular formula is C22H16BrNOS. The fraction of sp³-hybridized carbons (Fsp3) is 0.0455. The summed E-state index contributed by atoms with van der Waals surface area (Å²) in [5.74, 6) is 3.02. The van der Waals surface area contributed by atoms with Gasteiger partial charge in [0.25, 0.3) is 5.91 Å². The van der Waals surface area contributed by atoms with Gasteiger partial charge >= 0.3 is 0 Å². The van der Waals surface area contributed by atoms with Gasteiger partial charge in [-0.05, 0) is 62.8 Å². The maximum absolute atomic E-state index is 12.5. The molecule has 2 nitrogen and oxygen atoms in total. The number of rotatable bonds is 4. The quantitative estimate of drug-likeness (QED) is 0.446. The van der Waals surface area contributed by atoms with Crippen LogP contribution in [0.15, 0.2) is 88.2 Å². The molecule has 0 aliphatic carbocycles. The first-order chi connectivity index (χ1) is 12.7. The van der Waals surface area contributed by atoms with E-state index < -0.39 is 0 Å². The average molecular weight is 422 g/mol. The molecule has 0 spiro atoms. The monoisotopic (exact) mass is 421 g/mol. The zero-order valence-electron chi connectivity index (χ0n) is 13.9. The Morgan fingerprint density at radius 2 is 1.62 bits per heavy atom. The molecule has 0 aromatic heterocycles. The van der Waals surface area contributed by atoms with E-state index in [1.807, 2.05) is 78.9 Å². The summed E-state index contributed by atoms with van der Waals surface area (Å²) < 4.78 is 0.960. The van der Waals surface area contributed by atoms with Crippen molar-refractivity contribution in [2.45, 2.75) is 11.4 Å². The van der Waals surface area contributed by atoms with Gasteiger partial charge in [0.15, 0.2) is 0 Å². The lowest BCUT2D eigenvalue weighted by atomic mass is 10.2. The number of amides is 1. The van der Waals surface area contributed by atoms with Crippen LogP contribution >= 0.6 is 27.7 Å². The average Bonchev–Trinajstić information content (AvgIpc) is 2.69. The van der Waals surface area contributed by atoms with E-state index in [0.717, 1.165) is 20.5 Å². The van der Waals surface area contributed by atoms with Gasteiger partial charge in [0.1, 0.15) is 0 Å². The van der Waals surface area contributed by atoms with Gasteiger partial charge in [0.2, 0.25) is 0 Å². The highest BCUT2D eigenvalue weighted by Gasteiger charge is 2.10. The molecule has 0 bridgehead atoms. The van der Waals surface area contributed by atoms with Crippen LogP contribution in [0.25, 0.3) is 0 Å². The van der Waals surface area contributed by atoms with E-state index in [9.17, 15) is 4.79 Å². The van der Waals surface area contributed by atoms with Gasteiger partial charge in [-0.3, -0.25) is 4.79 Å². The third-order valence-electron chi connectivity index (χ3n) is 3.65. The molecule has 3 rings (SSSR count). The van der Waals surface area contributed by atoms with E-state index in [1.54, 1.807) is 0 Å². The fourth-order valence-electron chi connectivity index (χ4n) is 2.31. The Kier molecular flexibility index (Phi) is 6.54. The van der Waals surface area contributed by atoms with Crippen LogP contribution in [0.4, 0.5) is 0 Å². The molecule has 1 amide bonds. The molecule has 0 radical (unpaired) electrons. The van der Waals surface area contributed by atoms with Crippen LogP contribution in [0.2, 0.25) is 0 Å². The molecule has 26 heavy (non-hydrogen) atoms. The molecule has 4 heteroatoms. The van der Waals surface area contributed by atoms with Crippen LogP contribution in [0.3, 0.4) is 0 Å². The summed E-state index contributed by atoms with van der Waals surface area (Å²) in [5.41, 5.74) is 2.63. The fourth-order valence-corrected chi connectivity index (χ4v) is 3.39. The van der Waals surface area contributed by atoms with Gasteiger partial charge in [-0.1, -0.05) is 60.5 Å². The van der Waals surface area contributed by atoms with E-state index >= 15 is 0 Å². The molecule has 1 N–H and O–H groups in total. The second kappa shape index (κ2) is 9.28. The Balaban J connectivity index is 1.70. The Morgan fingerprint density at radius 3 is 2.42 bits per heavy atom. The first kappa shape index (κ1) is 18.3. The summed E-state index contributed by atoms with van der Waals surface area (Å²) in [7, 11) is 0. The largest absolute Gasteiger partial charge is 0.348 e. The minimum absolute atomic E-state index is 0.0976. The zero-order valence-corrected chi connectivity index (χ0v) is 16.3. The molecule has 0 unspecified atom stereocenters. The molecule has 0 aliphatic rings. The van der Waals surface area contributed by atoms with E-state index in [-0.39, 0.29) is 5.91 Å². The van der Waals surface area contributed by atoms with Crippen LogP contribution in [-0.4, -0.2) is 5.91 Å². The Morgan fingerprint density at radius 1 is 0.923 bits per heavy atom. The molecule has 0 atom stereocenters. The minimum atomic E-state index is -0.0976. The topological polar surface area (TPSA) is 29.1 Å². The number of nitrogens with one attached hydrogen (secondary N) is 1. The number of carbonyl (C=O) groups excluding carboxylic acids is 1. The van der Waals surface area contributed by atoms with E-state index in [4.69, 9.17) is 0 Å². The molecule has 128 valence electrons. The van der Waals surface area contributed by atoms with Gasteiger partial charge in [0, 0.05) is 21.5 Å². The number of benzene rings is 3. The summed E-state index contributed by atoms with van der Waals surface area (Å²) >= 11 is 4.85. The second-order valence-corrected chi connectivity index (χ2v) is 7.18. The third-order valence-corrected chi connectivity index (χ3v) is 5.12. The van der Waals surface area contributed by atoms with Gasteiger partial charge in [0.05, 0.1) is 5.56 Å². The highest BCUT2D eigenvalue weighted by molar-refractivity contribution is 9.10. The van der Waals surface area contributed by atoms with Gasteiger partial charge in [-0.15, -0.1) is 0 Å². The minimum Gasteiger partial charge on any atom is -0.348 e. The standard InChI is InChI=1S/C22H16BrNOS/c23-20-12-6-4-10-18(20)14-15-26-21-13-7-5-11-19(21)22(25)24-16-17-8-2-1-3-9-17/h1-13H,16H2,(H,24,25). The highest BCUT2D eigenvalue weighted by Crippen LogP contribution is 2.22. The van der Waals surface area contributed by atoms with E-state index in [0.29, 0.717) is 12.1 Å². The van der Waals surface area contributed by atoms with Crippen molar-refractivity contribution < 1.29 is 4.79 Å². The number of hydrogen-bond acceptors (Lipinski definition) is 2. The first-order valence-electron chi connectivity index (χ1n) is 8.07. The summed E-state index contributed by atoms with van der Waals surface area (Å²) in [4.78, 5) is 13.4. The van der Waals surface area contributed by atoms with Gasteiger partial charge < -0.3 is 5.32 Å². The molecule has 0 saturated carbocycles. The van der Waals surface area contributed by atoms with Crippen LogP contribution < -0.4 is 5.32 Å². The van der Waals surface area contributed by atoms with Crippen LogP contribution in [-0.2, 0) is 6.54 Å². The zero-order chi connectivity index (χ0) is 18.2. The summed E-state index contributed by atoms with van der Waals surface area (Å²) in [6, 6.07) is 25.2. The Bertz CT molecular complexity index is 960. The third kappa shape index (κ3) is 5.01. The van der Waals surface area contributed by atoms with Crippen LogP contribution in [0.5, 0.6) is 0 Å². The summed E-state index contributed by atoms with van der Waals surface area (Å²) in [6.45, 7) is 0.501. The molecule has 0 heterocycles. The maximum atomic E-state index is 12.5. The van der Waals surface area contributed by atoms with Crippen molar-refractivity contribution in [3.63, 3.8) is 0 Å². The summed E-state index contributed by atoms with van der Waals surface area (Å²) in [5, 5.41) is 6.05. The predicted octanol–water partition coefficient (Wildman–Crippen LogP) is 5.48. The summed E-state index contributed by atoms with van der Waals surface area (Å²) in [6.07, 6.45) is 0. The van der Waals surface area contributed by atoms with Crippen molar-refractivity contribution in [3.05, 3.63) is 100 Å². The van der Waals surface area contributed by atoms with E-state index in [2.05, 4.69) is 32.4 Å². The number of thioether (sulfide) groups is 1. The van der Waals surface area contributed by atoms with Crippen molar-refractivity contribution >= 4 is 33.6 Å². The van der Waals surface area contributed by atoms with Crippen molar-refractivity contribution in [2.75, 3.05) is 0 Å².